The zero-order valence-electron chi connectivity index (χ0n) is 8.49. The Bertz CT molecular complexity index is 640. The summed E-state index contributed by atoms with van der Waals surface area (Å²) in [5.41, 5.74) is 0.415. The molecule has 0 atom stereocenters. The second-order valence-electron chi connectivity index (χ2n) is 3.08. The molecule has 86 valence electrons. The van der Waals surface area contributed by atoms with Crippen LogP contribution in [0.4, 0.5) is 5.13 Å². The lowest BCUT2D eigenvalue weighted by Gasteiger charge is -2.04. The smallest absolute Gasteiger partial charge is 0.255 e. The highest BCUT2D eigenvalue weighted by Gasteiger charge is 2.14. The molecule has 1 aromatic heterocycles. The summed E-state index contributed by atoms with van der Waals surface area (Å²) >= 11 is 1.20. The van der Waals surface area contributed by atoms with Gasteiger partial charge < -0.3 is 0 Å². The highest BCUT2D eigenvalue weighted by Crippen LogP contribution is 2.17. The van der Waals surface area contributed by atoms with E-state index in [4.69, 9.17) is 5.26 Å². The Morgan fingerprint density at radius 1 is 1.29 bits per heavy atom. The van der Waals surface area contributed by atoms with E-state index in [-0.39, 0.29) is 4.90 Å². The third-order valence-electron chi connectivity index (χ3n) is 1.95. The van der Waals surface area contributed by atoms with Gasteiger partial charge in [-0.3, -0.25) is 4.72 Å². The summed E-state index contributed by atoms with van der Waals surface area (Å²) < 4.78 is 26.1. The van der Waals surface area contributed by atoms with E-state index in [9.17, 15) is 8.42 Å². The van der Waals surface area contributed by atoms with Crippen LogP contribution in [0.3, 0.4) is 0 Å². The van der Waals surface area contributed by atoms with Gasteiger partial charge in [0.25, 0.3) is 10.0 Å². The van der Waals surface area contributed by atoms with Crippen molar-refractivity contribution in [2.45, 2.75) is 4.90 Å². The van der Waals surface area contributed by atoms with Gasteiger partial charge in [0, 0.05) is 11.6 Å². The summed E-state index contributed by atoms with van der Waals surface area (Å²) in [6.45, 7) is 0. The standard InChI is InChI=1S/C10H7N3O2S2/c11-7-8-1-3-9(4-2-8)17(14,15)13-10-12-5-6-16-10/h1-6H,(H,12,13). The van der Waals surface area contributed by atoms with E-state index in [1.807, 2.05) is 6.07 Å². The fraction of sp³-hybridized carbons (Fsp3) is 0. The molecule has 0 aliphatic heterocycles. The van der Waals surface area contributed by atoms with Crippen molar-refractivity contribution in [1.29, 1.82) is 5.26 Å². The number of rotatable bonds is 3. The Morgan fingerprint density at radius 3 is 2.53 bits per heavy atom. The van der Waals surface area contributed by atoms with Crippen molar-refractivity contribution in [3.63, 3.8) is 0 Å². The fourth-order valence-corrected chi connectivity index (χ4v) is 2.95. The van der Waals surface area contributed by atoms with Crippen LogP contribution >= 0.6 is 11.3 Å². The van der Waals surface area contributed by atoms with E-state index < -0.39 is 10.0 Å². The van der Waals surface area contributed by atoms with Crippen LogP contribution in [-0.2, 0) is 10.0 Å². The molecule has 7 heteroatoms. The number of nitrogens with zero attached hydrogens (tertiary/aromatic N) is 2. The number of nitrogens with one attached hydrogen (secondary N) is 1. The summed E-state index contributed by atoms with van der Waals surface area (Å²) in [5, 5.41) is 10.6. The Hall–Kier alpha value is -1.91. The second kappa shape index (κ2) is 4.53. The Kier molecular flexibility index (Phi) is 3.08. The maximum atomic E-state index is 11.9. The highest BCUT2D eigenvalue weighted by atomic mass is 32.2. The van der Waals surface area contributed by atoms with Crippen molar-refractivity contribution in [3.05, 3.63) is 41.4 Å². The average molecular weight is 265 g/mol. The van der Waals surface area contributed by atoms with Crippen molar-refractivity contribution in [1.82, 2.24) is 4.98 Å². The van der Waals surface area contributed by atoms with Crippen molar-refractivity contribution < 1.29 is 8.42 Å². The number of benzene rings is 1. The quantitative estimate of drug-likeness (QED) is 0.917. The summed E-state index contributed by atoms with van der Waals surface area (Å²) in [4.78, 5) is 3.94. The van der Waals surface area contributed by atoms with Crippen molar-refractivity contribution in [2.75, 3.05) is 4.72 Å². The van der Waals surface area contributed by atoms with E-state index in [2.05, 4.69) is 9.71 Å². The minimum Gasteiger partial charge on any atom is -0.255 e. The zero-order valence-corrected chi connectivity index (χ0v) is 10.1. The Balaban J connectivity index is 2.29. The van der Waals surface area contributed by atoms with E-state index in [1.54, 1.807) is 5.38 Å². The molecule has 0 radical (unpaired) electrons. The van der Waals surface area contributed by atoms with Gasteiger partial charge in [0.1, 0.15) is 0 Å². The summed E-state index contributed by atoms with van der Waals surface area (Å²) in [6, 6.07) is 7.60. The number of hydrogen-bond donors (Lipinski definition) is 1. The molecule has 2 rings (SSSR count). The fourth-order valence-electron chi connectivity index (χ4n) is 1.16. The lowest BCUT2D eigenvalue weighted by Crippen LogP contribution is -2.12. The summed E-state index contributed by atoms with van der Waals surface area (Å²) in [7, 11) is -3.62. The molecule has 0 saturated heterocycles. The maximum Gasteiger partial charge on any atom is 0.263 e. The monoisotopic (exact) mass is 265 g/mol. The lowest BCUT2D eigenvalue weighted by atomic mass is 10.2. The normalized spacial score (nSPS) is 10.8. The molecule has 0 saturated carbocycles. The highest BCUT2D eigenvalue weighted by molar-refractivity contribution is 7.93. The SMILES string of the molecule is N#Cc1ccc(S(=O)(=O)Nc2nccs2)cc1. The van der Waals surface area contributed by atoms with Gasteiger partial charge in [-0.1, -0.05) is 0 Å². The molecule has 1 N–H and O–H groups in total. The Morgan fingerprint density at radius 2 is 2.00 bits per heavy atom. The van der Waals surface area contributed by atoms with Gasteiger partial charge in [0.2, 0.25) is 0 Å². The molecule has 1 heterocycles. The maximum absolute atomic E-state index is 11.9. The van der Waals surface area contributed by atoms with Gasteiger partial charge in [-0.2, -0.15) is 5.26 Å². The molecule has 2 aromatic rings. The molecular formula is C10H7N3O2S2. The number of hydrogen-bond acceptors (Lipinski definition) is 5. The average Bonchev–Trinajstić information content (AvgIpc) is 2.81. The number of sulfonamides is 1. The van der Waals surface area contributed by atoms with Crippen molar-refractivity contribution in [3.8, 4) is 6.07 Å². The molecule has 0 spiro atoms. The van der Waals surface area contributed by atoms with Crippen molar-refractivity contribution in [2.24, 2.45) is 0 Å². The van der Waals surface area contributed by atoms with Gasteiger partial charge in [0.15, 0.2) is 5.13 Å². The van der Waals surface area contributed by atoms with Crippen LogP contribution in [0.2, 0.25) is 0 Å². The van der Waals surface area contributed by atoms with E-state index >= 15 is 0 Å². The first kappa shape index (κ1) is 11.6. The summed E-state index contributed by atoms with van der Waals surface area (Å²) in [6.07, 6.45) is 1.52. The molecule has 0 fully saturated rings. The van der Waals surface area contributed by atoms with Gasteiger partial charge in [-0.25, -0.2) is 13.4 Å². The zero-order chi connectivity index (χ0) is 12.3. The van der Waals surface area contributed by atoms with E-state index in [0.29, 0.717) is 10.7 Å². The van der Waals surface area contributed by atoms with E-state index in [1.165, 1.54) is 41.8 Å². The number of nitriles is 1. The van der Waals surface area contributed by atoms with E-state index in [0.717, 1.165) is 0 Å². The summed E-state index contributed by atoms with van der Waals surface area (Å²) in [5.74, 6) is 0. The molecule has 1 aromatic carbocycles. The predicted molar refractivity (Wildman–Crippen MR) is 64.1 cm³/mol. The Labute approximate surface area is 102 Å². The number of thiazole rings is 1. The van der Waals surface area contributed by atoms with Crippen LogP contribution in [0.5, 0.6) is 0 Å². The molecule has 0 aliphatic carbocycles. The molecular weight excluding hydrogens is 258 g/mol. The predicted octanol–water partition coefficient (Wildman–Crippen LogP) is 1.82. The van der Waals surface area contributed by atoms with Crippen LogP contribution in [0.1, 0.15) is 5.56 Å². The minimum atomic E-state index is -3.62. The molecule has 5 nitrogen and oxygen atoms in total. The van der Waals surface area contributed by atoms with Crippen LogP contribution in [-0.4, -0.2) is 13.4 Å². The first-order valence-corrected chi connectivity index (χ1v) is 6.90. The van der Waals surface area contributed by atoms with Crippen LogP contribution in [0, 0.1) is 11.3 Å². The van der Waals surface area contributed by atoms with Gasteiger partial charge in [-0.15, -0.1) is 11.3 Å². The first-order chi connectivity index (χ1) is 8.12. The third-order valence-corrected chi connectivity index (χ3v) is 4.12. The largest absolute Gasteiger partial charge is 0.263 e. The minimum absolute atomic E-state index is 0.103. The van der Waals surface area contributed by atoms with Crippen molar-refractivity contribution >= 4 is 26.5 Å². The molecule has 17 heavy (non-hydrogen) atoms. The number of anilines is 1. The molecule has 0 bridgehead atoms. The molecule has 0 unspecified atom stereocenters. The first-order valence-electron chi connectivity index (χ1n) is 4.54. The third kappa shape index (κ3) is 2.61. The molecule has 0 aliphatic rings. The number of aromatic nitrogens is 1. The van der Waals surface area contributed by atoms with Crippen LogP contribution in [0.15, 0.2) is 40.7 Å². The lowest BCUT2D eigenvalue weighted by molar-refractivity contribution is 0.601. The van der Waals surface area contributed by atoms with Gasteiger partial charge in [-0.05, 0) is 24.3 Å². The second-order valence-corrected chi connectivity index (χ2v) is 5.66. The van der Waals surface area contributed by atoms with Gasteiger partial charge >= 0.3 is 0 Å². The van der Waals surface area contributed by atoms with Crippen LogP contribution in [0.25, 0.3) is 0 Å². The topological polar surface area (TPSA) is 82.8 Å². The van der Waals surface area contributed by atoms with Gasteiger partial charge in [0.05, 0.1) is 16.5 Å². The van der Waals surface area contributed by atoms with Crippen LogP contribution < -0.4 is 4.72 Å². The molecule has 0 amide bonds.